The predicted octanol–water partition coefficient (Wildman–Crippen LogP) is 2.70. The van der Waals surface area contributed by atoms with E-state index in [0.29, 0.717) is 18.9 Å². The molecule has 0 radical (unpaired) electrons. The van der Waals surface area contributed by atoms with Crippen LogP contribution < -0.4 is 25.0 Å². The highest BCUT2D eigenvalue weighted by Gasteiger charge is 2.18. The fraction of sp³-hybridized carbons (Fsp3) is 0.500. The minimum atomic E-state index is 0. The van der Waals surface area contributed by atoms with Gasteiger partial charge in [-0.05, 0) is 32.0 Å². The number of aliphatic imine (C=N–C) groups is 1. The van der Waals surface area contributed by atoms with Crippen LogP contribution >= 0.6 is 24.0 Å². The number of nitrogens with zero attached hydrogens (tertiary/aromatic N) is 5. The summed E-state index contributed by atoms with van der Waals surface area (Å²) >= 11 is 0. The molecule has 1 aliphatic rings. The van der Waals surface area contributed by atoms with Gasteiger partial charge in [0.25, 0.3) is 0 Å². The molecule has 2 aromatic rings. The van der Waals surface area contributed by atoms with Gasteiger partial charge in [0, 0.05) is 63.4 Å². The van der Waals surface area contributed by atoms with E-state index in [4.69, 9.17) is 14.5 Å². The van der Waals surface area contributed by atoms with Crippen LogP contribution in [-0.2, 0) is 0 Å². The Labute approximate surface area is 207 Å². The molecule has 32 heavy (non-hydrogen) atoms. The number of rotatable bonds is 9. The smallest absolute Gasteiger partial charge is 0.225 e. The monoisotopic (exact) mass is 555 g/mol. The summed E-state index contributed by atoms with van der Waals surface area (Å²) in [5.74, 6) is 3.00. The first-order valence-corrected chi connectivity index (χ1v) is 10.8. The molecule has 9 nitrogen and oxygen atoms in total. The lowest BCUT2D eigenvalue weighted by Crippen LogP contribution is -2.47. The lowest BCUT2D eigenvalue weighted by Gasteiger charge is -2.34. The Hall–Kier alpha value is -2.34. The van der Waals surface area contributed by atoms with Crippen molar-refractivity contribution < 1.29 is 9.47 Å². The Morgan fingerprint density at radius 2 is 1.84 bits per heavy atom. The molecule has 0 atom stereocenters. The molecule has 0 spiro atoms. The van der Waals surface area contributed by atoms with Crippen molar-refractivity contribution in [2.45, 2.75) is 13.8 Å². The lowest BCUT2D eigenvalue weighted by molar-refractivity contribution is 0.264. The molecule has 2 heterocycles. The maximum absolute atomic E-state index is 5.67. The zero-order valence-corrected chi connectivity index (χ0v) is 21.4. The summed E-state index contributed by atoms with van der Waals surface area (Å²) in [5, 5.41) is 6.66. The van der Waals surface area contributed by atoms with E-state index < -0.39 is 0 Å². The molecular formula is C22H34IN7O2. The Kier molecular flexibility index (Phi) is 11.3. The fourth-order valence-electron chi connectivity index (χ4n) is 3.40. The SMILES string of the molecule is CCNC(=NCCN1CCN(c2ncccn2)CC1)Nc1ccc(OC)c(OCC)c1.I. The van der Waals surface area contributed by atoms with Gasteiger partial charge in [-0.25, -0.2) is 9.97 Å². The van der Waals surface area contributed by atoms with E-state index in [9.17, 15) is 0 Å². The average Bonchev–Trinajstić information content (AvgIpc) is 2.81. The fourth-order valence-corrected chi connectivity index (χ4v) is 3.40. The number of guanidine groups is 1. The van der Waals surface area contributed by atoms with Crippen LogP contribution in [0.4, 0.5) is 11.6 Å². The molecule has 10 heteroatoms. The van der Waals surface area contributed by atoms with Gasteiger partial charge in [0.15, 0.2) is 17.5 Å². The molecule has 1 fully saturated rings. The molecule has 1 aliphatic heterocycles. The zero-order valence-electron chi connectivity index (χ0n) is 19.1. The van der Waals surface area contributed by atoms with E-state index in [1.807, 2.05) is 31.2 Å². The van der Waals surface area contributed by atoms with E-state index in [2.05, 4.69) is 37.3 Å². The van der Waals surface area contributed by atoms with Crippen molar-refractivity contribution in [1.29, 1.82) is 0 Å². The molecule has 0 aliphatic carbocycles. The van der Waals surface area contributed by atoms with Crippen LogP contribution in [0.1, 0.15) is 13.8 Å². The zero-order chi connectivity index (χ0) is 21.9. The van der Waals surface area contributed by atoms with Crippen molar-refractivity contribution in [3.63, 3.8) is 0 Å². The van der Waals surface area contributed by atoms with Crippen LogP contribution in [0.3, 0.4) is 0 Å². The van der Waals surface area contributed by atoms with Crippen molar-refractivity contribution in [3.8, 4) is 11.5 Å². The van der Waals surface area contributed by atoms with Gasteiger partial charge in [-0.15, -0.1) is 24.0 Å². The number of ether oxygens (including phenoxy) is 2. The molecule has 176 valence electrons. The average molecular weight is 555 g/mol. The first-order chi connectivity index (χ1) is 15.2. The molecule has 0 amide bonds. The summed E-state index contributed by atoms with van der Waals surface area (Å²) in [7, 11) is 1.64. The summed E-state index contributed by atoms with van der Waals surface area (Å²) < 4.78 is 11.0. The number of nitrogens with one attached hydrogen (secondary N) is 2. The van der Waals surface area contributed by atoms with Gasteiger partial charge >= 0.3 is 0 Å². The van der Waals surface area contributed by atoms with Gasteiger partial charge in [0.05, 0.1) is 20.3 Å². The summed E-state index contributed by atoms with van der Waals surface area (Å²) in [6.07, 6.45) is 3.58. The van der Waals surface area contributed by atoms with Crippen LogP contribution in [0.15, 0.2) is 41.7 Å². The molecule has 3 rings (SSSR count). The number of hydrogen-bond donors (Lipinski definition) is 2. The second-order valence-electron chi connectivity index (χ2n) is 7.06. The molecule has 1 saturated heterocycles. The summed E-state index contributed by atoms with van der Waals surface area (Å²) in [6.45, 7) is 10.8. The normalized spacial score (nSPS) is 14.5. The van der Waals surface area contributed by atoms with Gasteiger partial charge in [-0.2, -0.15) is 0 Å². The van der Waals surface area contributed by atoms with Crippen molar-refractivity contribution in [3.05, 3.63) is 36.7 Å². The van der Waals surface area contributed by atoms with Crippen LogP contribution in [0, 0.1) is 0 Å². The topological polar surface area (TPSA) is 87.1 Å². The Morgan fingerprint density at radius 3 is 2.50 bits per heavy atom. The number of aromatic nitrogens is 2. The van der Waals surface area contributed by atoms with E-state index in [1.165, 1.54) is 0 Å². The lowest BCUT2D eigenvalue weighted by atomic mass is 10.2. The first kappa shape index (κ1) is 25.9. The van der Waals surface area contributed by atoms with Crippen molar-refractivity contribution in [2.24, 2.45) is 4.99 Å². The number of piperazine rings is 1. The minimum absolute atomic E-state index is 0. The van der Waals surface area contributed by atoms with Crippen LogP contribution in [0.5, 0.6) is 11.5 Å². The van der Waals surface area contributed by atoms with Gasteiger partial charge in [-0.3, -0.25) is 9.89 Å². The minimum Gasteiger partial charge on any atom is -0.493 e. The van der Waals surface area contributed by atoms with Crippen LogP contribution in [0.2, 0.25) is 0 Å². The molecule has 0 bridgehead atoms. The number of halogens is 1. The van der Waals surface area contributed by atoms with Gasteiger partial charge in [-0.1, -0.05) is 0 Å². The van der Waals surface area contributed by atoms with Gasteiger partial charge < -0.3 is 25.0 Å². The largest absolute Gasteiger partial charge is 0.493 e. The predicted molar refractivity (Wildman–Crippen MR) is 140 cm³/mol. The third kappa shape index (κ3) is 7.66. The van der Waals surface area contributed by atoms with Crippen molar-refractivity contribution in [2.75, 3.05) is 69.7 Å². The van der Waals surface area contributed by atoms with Gasteiger partial charge in [0.1, 0.15) is 0 Å². The number of anilines is 2. The Balaban J connectivity index is 0.00000363. The maximum atomic E-state index is 5.67. The highest BCUT2D eigenvalue weighted by molar-refractivity contribution is 14.0. The number of benzene rings is 1. The van der Waals surface area contributed by atoms with Crippen molar-refractivity contribution >= 4 is 41.6 Å². The summed E-state index contributed by atoms with van der Waals surface area (Å²) in [4.78, 5) is 18.1. The second kappa shape index (κ2) is 13.9. The van der Waals surface area contributed by atoms with Crippen LogP contribution in [-0.4, -0.2) is 80.4 Å². The molecule has 1 aromatic heterocycles. The number of methoxy groups -OCH3 is 1. The molecule has 1 aromatic carbocycles. The summed E-state index contributed by atoms with van der Waals surface area (Å²) in [6, 6.07) is 7.63. The van der Waals surface area contributed by atoms with Gasteiger partial charge in [0.2, 0.25) is 5.95 Å². The van der Waals surface area contributed by atoms with Crippen LogP contribution in [0.25, 0.3) is 0 Å². The van der Waals surface area contributed by atoms with E-state index in [1.54, 1.807) is 19.5 Å². The molecular weight excluding hydrogens is 521 g/mol. The standard InChI is InChI=1S/C22H33N7O2.HI/c1-4-23-21(27-18-7-8-19(30-3)20(17-18)31-5-2)24-11-12-28-13-15-29(16-14-28)22-25-9-6-10-26-22;/h6-10,17H,4-5,11-16H2,1-3H3,(H2,23,24,27);1H. The third-order valence-corrected chi connectivity index (χ3v) is 4.96. The molecule has 0 saturated carbocycles. The van der Waals surface area contributed by atoms with E-state index >= 15 is 0 Å². The molecule has 2 N–H and O–H groups in total. The molecule has 0 unspecified atom stereocenters. The van der Waals surface area contributed by atoms with Crippen molar-refractivity contribution in [1.82, 2.24) is 20.2 Å². The van der Waals surface area contributed by atoms with E-state index in [-0.39, 0.29) is 24.0 Å². The summed E-state index contributed by atoms with van der Waals surface area (Å²) in [5.41, 5.74) is 0.903. The van der Waals surface area contributed by atoms with E-state index in [0.717, 1.165) is 62.6 Å². The maximum Gasteiger partial charge on any atom is 0.225 e. The Bertz CT molecular complexity index is 830. The third-order valence-electron chi connectivity index (χ3n) is 4.96. The Morgan fingerprint density at radius 1 is 1.09 bits per heavy atom. The second-order valence-corrected chi connectivity index (χ2v) is 7.06. The number of hydrogen-bond acceptors (Lipinski definition) is 7. The first-order valence-electron chi connectivity index (χ1n) is 10.8. The highest BCUT2D eigenvalue weighted by Crippen LogP contribution is 2.30. The quantitative estimate of drug-likeness (QED) is 0.278. The highest BCUT2D eigenvalue weighted by atomic mass is 127.